The summed E-state index contributed by atoms with van der Waals surface area (Å²) in [4.78, 5) is 16.2. The molecule has 158 valence electrons. The number of nitrogens with zero attached hydrogens (tertiary/aromatic N) is 5. The summed E-state index contributed by atoms with van der Waals surface area (Å²) in [5.74, 6) is 1.51. The molecule has 1 atom stereocenters. The minimum atomic E-state index is 0.398. The summed E-state index contributed by atoms with van der Waals surface area (Å²) in [6.07, 6.45) is 4.81. The summed E-state index contributed by atoms with van der Waals surface area (Å²) in [5.41, 5.74) is 3.50. The van der Waals surface area contributed by atoms with Crippen LogP contribution in [0.2, 0.25) is 0 Å². The topological polar surface area (TPSA) is 89.8 Å². The van der Waals surface area contributed by atoms with E-state index < -0.39 is 0 Å². The molecule has 31 heavy (non-hydrogen) atoms. The summed E-state index contributed by atoms with van der Waals surface area (Å²) in [6, 6.07) is 18.0. The van der Waals surface area contributed by atoms with Crippen LogP contribution in [-0.2, 0) is 13.0 Å². The number of nitriles is 1. The van der Waals surface area contributed by atoms with Crippen LogP contribution in [0, 0.1) is 11.3 Å². The van der Waals surface area contributed by atoms with Crippen molar-refractivity contribution in [3.05, 3.63) is 71.7 Å². The maximum atomic E-state index is 9.15. The Hall–Kier alpha value is -3.50. The number of benzene rings is 1. The predicted molar refractivity (Wildman–Crippen MR) is 122 cm³/mol. The van der Waals surface area contributed by atoms with E-state index in [1.54, 1.807) is 6.07 Å². The molecule has 1 aromatic carbocycles. The van der Waals surface area contributed by atoms with Crippen molar-refractivity contribution < 1.29 is 0 Å². The minimum absolute atomic E-state index is 0.398. The highest BCUT2D eigenvalue weighted by Crippen LogP contribution is 2.23. The second kappa shape index (κ2) is 10.0. The van der Waals surface area contributed by atoms with E-state index >= 15 is 0 Å². The van der Waals surface area contributed by atoms with Crippen molar-refractivity contribution >= 4 is 17.5 Å². The van der Waals surface area contributed by atoms with Crippen molar-refractivity contribution in [2.75, 3.05) is 23.3 Å². The number of aromatic nitrogens is 3. The highest BCUT2D eigenvalue weighted by atomic mass is 15.3. The lowest BCUT2D eigenvalue weighted by atomic mass is 10.2. The summed E-state index contributed by atoms with van der Waals surface area (Å²) in [6.45, 7) is 4.77. The van der Waals surface area contributed by atoms with E-state index in [4.69, 9.17) is 10.2 Å². The lowest BCUT2D eigenvalue weighted by Gasteiger charge is -2.20. The van der Waals surface area contributed by atoms with Crippen molar-refractivity contribution in [3.8, 4) is 6.07 Å². The van der Waals surface area contributed by atoms with E-state index in [1.807, 2.05) is 42.6 Å². The molecule has 1 unspecified atom stereocenters. The summed E-state index contributed by atoms with van der Waals surface area (Å²) in [5, 5.41) is 16.0. The SMILES string of the molecule is CCCc1cc(N2CCC(NCc3ccccn3)C2)nc(Nc2cccc(C#N)c2)n1. The zero-order valence-corrected chi connectivity index (χ0v) is 17.8. The number of anilines is 3. The van der Waals surface area contributed by atoms with Crippen LogP contribution in [0.5, 0.6) is 0 Å². The molecule has 0 radical (unpaired) electrons. The standard InChI is InChI=1S/C24H27N7/c1-2-6-19-14-23(30-24(28-19)29-20-9-5-7-18(13-20)15-25)31-12-10-22(17-31)27-16-21-8-3-4-11-26-21/h3-5,7-9,11,13-14,22,27H,2,6,10,12,16-17H2,1H3,(H,28,29,30). The number of hydrogen-bond acceptors (Lipinski definition) is 7. The zero-order chi connectivity index (χ0) is 21.5. The van der Waals surface area contributed by atoms with Crippen molar-refractivity contribution in [3.63, 3.8) is 0 Å². The molecule has 0 saturated carbocycles. The molecule has 4 rings (SSSR count). The Kier molecular flexibility index (Phi) is 6.70. The largest absolute Gasteiger partial charge is 0.355 e. The average Bonchev–Trinajstić information content (AvgIpc) is 3.28. The first-order valence-electron chi connectivity index (χ1n) is 10.8. The molecule has 1 aliphatic rings. The van der Waals surface area contributed by atoms with Gasteiger partial charge in [0.05, 0.1) is 17.3 Å². The first-order chi connectivity index (χ1) is 15.2. The Bertz CT molecular complexity index is 1050. The van der Waals surface area contributed by atoms with Gasteiger partial charge in [0.15, 0.2) is 0 Å². The zero-order valence-electron chi connectivity index (χ0n) is 17.8. The molecule has 3 aromatic rings. The van der Waals surface area contributed by atoms with Gasteiger partial charge in [0.2, 0.25) is 5.95 Å². The molecule has 1 fully saturated rings. The van der Waals surface area contributed by atoms with Gasteiger partial charge in [0, 0.05) is 49.3 Å². The van der Waals surface area contributed by atoms with Gasteiger partial charge in [0.1, 0.15) is 5.82 Å². The van der Waals surface area contributed by atoms with Crippen molar-refractivity contribution in [1.82, 2.24) is 20.3 Å². The minimum Gasteiger partial charge on any atom is -0.355 e. The third kappa shape index (κ3) is 5.56. The molecule has 0 bridgehead atoms. The van der Waals surface area contributed by atoms with Gasteiger partial charge in [-0.25, -0.2) is 4.98 Å². The van der Waals surface area contributed by atoms with Gasteiger partial charge < -0.3 is 15.5 Å². The van der Waals surface area contributed by atoms with Crippen LogP contribution in [0.4, 0.5) is 17.5 Å². The summed E-state index contributed by atoms with van der Waals surface area (Å²) < 4.78 is 0. The molecule has 7 nitrogen and oxygen atoms in total. The molecule has 0 amide bonds. The molecular weight excluding hydrogens is 386 g/mol. The molecule has 1 saturated heterocycles. The fourth-order valence-corrected chi connectivity index (χ4v) is 3.77. The maximum absolute atomic E-state index is 9.15. The molecule has 0 spiro atoms. The normalized spacial score (nSPS) is 15.6. The number of hydrogen-bond donors (Lipinski definition) is 2. The molecule has 2 aromatic heterocycles. The van der Waals surface area contributed by atoms with Crippen molar-refractivity contribution in [2.24, 2.45) is 0 Å². The Balaban J connectivity index is 1.46. The van der Waals surface area contributed by atoms with Gasteiger partial charge in [-0.2, -0.15) is 10.2 Å². The second-order valence-electron chi connectivity index (χ2n) is 7.74. The van der Waals surface area contributed by atoms with E-state index in [0.29, 0.717) is 17.6 Å². The average molecular weight is 414 g/mol. The first-order valence-corrected chi connectivity index (χ1v) is 10.8. The lowest BCUT2D eigenvalue weighted by Crippen LogP contribution is -2.32. The number of aryl methyl sites for hydroxylation is 1. The lowest BCUT2D eigenvalue weighted by molar-refractivity contribution is 0.545. The molecule has 0 aliphatic carbocycles. The van der Waals surface area contributed by atoms with Gasteiger partial charge in [-0.1, -0.05) is 25.5 Å². The van der Waals surface area contributed by atoms with Crippen molar-refractivity contribution in [1.29, 1.82) is 5.26 Å². The molecule has 3 heterocycles. The third-order valence-corrected chi connectivity index (χ3v) is 5.33. The van der Waals surface area contributed by atoms with E-state index in [2.05, 4.69) is 44.6 Å². The highest BCUT2D eigenvalue weighted by Gasteiger charge is 2.24. The van der Waals surface area contributed by atoms with Gasteiger partial charge in [-0.3, -0.25) is 4.98 Å². The Morgan fingerprint density at radius 3 is 2.87 bits per heavy atom. The Labute approximate surface area is 183 Å². The molecular formula is C24H27N7. The fraction of sp³-hybridized carbons (Fsp3) is 0.333. The summed E-state index contributed by atoms with van der Waals surface area (Å²) >= 11 is 0. The smallest absolute Gasteiger partial charge is 0.229 e. The highest BCUT2D eigenvalue weighted by molar-refractivity contribution is 5.58. The Morgan fingerprint density at radius 1 is 1.13 bits per heavy atom. The van der Waals surface area contributed by atoms with Crippen LogP contribution in [0.15, 0.2) is 54.7 Å². The van der Waals surface area contributed by atoms with Crippen molar-refractivity contribution in [2.45, 2.75) is 38.8 Å². The predicted octanol–water partition coefficient (Wildman–Crippen LogP) is 3.81. The monoisotopic (exact) mass is 413 g/mol. The molecule has 1 aliphatic heterocycles. The van der Waals surface area contributed by atoms with Crippen LogP contribution >= 0.6 is 0 Å². The van der Waals surface area contributed by atoms with E-state index in [1.165, 1.54) is 0 Å². The van der Waals surface area contributed by atoms with Crippen LogP contribution in [-0.4, -0.2) is 34.1 Å². The number of rotatable bonds is 8. The molecule has 7 heteroatoms. The van der Waals surface area contributed by atoms with Crippen LogP contribution in [0.3, 0.4) is 0 Å². The van der Waals surface area contributed by atoms with E-state index in [-0.39, 0.29) is 0 Å². The van der Waals surface area contributed by atoms with Gasteiger partial charge >= 0.3 is 0 Å². The van der Waals surface area contributed by atoms with E-state index in [0.717, 1.165) is 61.8 Å². The van der Waals surface area contributed by atoms with Crippen LogP contribution in [0.1, 0.15) is 36.7 Å². The van der Waals surface area contributed by atoms with E-state index in [9.17, 15) is 0 Å². The van der Waals surface area contributed by atoms with Crippen LogP contribution < -0.4 is 15.5 Å². The number of nitrogens with one attached hydrogen (secondary N) is 2. The number of pyridine rings is 1. The third-order valence-electron chi connectivity index (χ3n) is 5.33. The van der Waals surface area contributed by atoms with Gasteiger partial charge in [-0.05, 0) is 43.2 Å². The maximum Gasteiger partial charge on any atom is 0.229 e. The first kappa shape index (κ1) is 20.8. The quantitative estimate of drug-likeness (QED) is 0.580. The molecule has 2 N–H and O–H groups in total. The second-order valence-corrected chi connectivity index (χ2v) is 7.74. The van der Waals surface area contributed by atoms with Gasteiger partial charge in [-0.15, -0.1) is 0 Å². The Morgan fingerprint density at radius 2 is 2.06 bits per heavy atom. The fourth-order valence-electron chi connectivity index (χ4n) is 3.77. The summed E-state index contributed by atoms with van der Waals surface area (Å²) in [7, 11) is 0. The van der Waals surface area contributed by atoms with Crippen LogP contribution in [0.25, 0.3) is 0 Å². The van der Waals surface area contributed by atoms with Gasteiger partial charge in [0.25, 0.3) is 0 Å².